The van der Waals surface area contributed by atoms with Crippen molar-refractivity contribution in [3.8, 4) is 23.0 Å². The fourth-order valence-electron chi connectivity index (χ4n) is 5.69. The van der Waals surface area contributed by atoms with E-state index in [4.69, 9.17) is 18.9 Å². The summed E-state index contributed by atoms with van der Waals surface area (Å²) in [6.07, 6.45) is 1.89. The molecular formula is C33H33NO4. The van der Waals surface area contributed by atoms with Crippen LogP contribution in [0.1, 0.15) is 39.4 Å². The molecule has 0 aliphatic carbocycles. The molecule has 2 heterocycles. The lowest BCUT2D eigenvalue weighted by molar-refractivity contribution is 0.156. The first-order chi connectivity index (χ1) is 18.7. The van der Waals surface area contributed by atoms with Crippen LogP contribution in [0.25, 0.3) is 0 Å². The predicted octanol–water partition coefficient (Wildman–Crippen LogP) is 6.52. The largest absolute Gasteiger partial charge is 0.493 e. The van der Waals surface area contributed by atoms with E-state index in [9.17, 15) is 0 Å². The Morgan fingerprint density at radius 2 is 1.39 bits per heavy atom. The van der Waals surface area contributed by atoms with Gasteiger partial charge in [0, 0.05) is 24.7 Å². The summed E-state index contributed by atoms with van der Waals surface area (Å²) in [6.45, 7) is 2.85. The van der Waals surface area contributed by atoms with Gasteiger partial charge in [-0.3, -0.25) is 4.90 Å². The molecule has 2 aliphatic heterocycles. The molecule has 4 aromatic rings. The maximum Gasteiger partial charge on any atom is 0.165 e. The van der Waals surface area contributed by atoms with Crippen LogP contribution in [0, 0.1) is 0 Å². The summed E-state index contributed by atoms with van der Waals surface area (Å²) in [4.78, 5) is 2.56. The molecule has 0 spiro atoms. The van der Waals surface area contributed by atoms with Crippen LogP contribution >= 0.6 is 0 Å². The zero-order chi connectivity index (χ0) is 25.9. The van der Waals surface area contributed by atoms with E-state index in [-0.39, 0.29) is 6.04 Å². The molecule has 0 fully saturated rings. The van der Waals surface area contributed by atoms with Gasteiger partial charge in [0.25, 0.3) is 0 Å². The molecule has 1 unspecified atom stereocenters. The average molecular weight is 508 g/mol. The monoisotopic (exact) mass is 507 g/mol. The lowest BCUT2D eigenvalue weighted by Gasteiger charge is -2.42. The molecular weight excluding hydrogens is 474 g/mol. The molecule has 0 radical (unpaired) electrons. The quantitative estimate of drug-likeness (QED) is 0.272. The number of rotatable bonds is 8. The van der Waals surface area contributed by atoms with Gasteiger partial charge in [0.15, 0.2) is 23.0 Å². The van der Waals surface area contributed by atoms with Gasteiger partial charge >= 0.3 is 0 Å². The molecule has 0 bridgehead atoms. The Morgan fingerprint density at radius 3 is 2.05 bits per heavy atom. The third-order valence-electron chi connectivity index (χ3n) is 7.67. The van der Waals surface area contributed by atoms with Gasteiger partial charge in [-0.25, -0.2) is 0 Å². The number of hydrogen-bond acceptors (Lipinski definition) is 5. The molecule has 1 atom stereocenters. The van der Waals surface area contributed by atoms with E-state index in [1.165, 1.54) is 22.3 Å². The Kier molecular flexibility index (Phi) is 6.93. The number of ether oxygens (including phenoxy) is 4. The normalized spacial score (nSPS) is 16.1. The van der Waals surface area contributed by atoms with Crippen molar-refractivity contribution in [2.45, 2.75) is 38.6 Å². The zero-order valence-corrected chi connectivity index (χ0v) is 22.0. The molecule has 6 rings (SSSR count). The topological polar surface area (TPSA) is 40.2 Å². The minimum atomic E-state index is 0.289. The van der Waals surface area contributed by atoms with Crippen molar-refractivity contribution in [1.82, 2.24) is 4.90 Å². The summed E-state index contributed by atoms with van der Waals surface area (Å²) in [5, 5.41) is 0. The molecule has 0 aromatic heterocycles. The number of fused-ring (bicyclic) bond motifs is 4. The van der Waals surface area contributed by atoms with Gasteiger partial charge in [-0.05, 0) is 58.9 Å². The van der Waals surface area contributed by atoms with Crippen molar-refractivity contribution in [2.75, 3.05) is 20.8 Å². The minimum Gasteiger partial charge on any atom is -0.493 e. The van der Waals surface area contributed by atoms with Crippen LogP contribution < -0.4 is 18.9 Å². The molecule has 5 heteroatoms. The lowest BCUT2D eigenvalue weighted by atomic mass is 9.83. The number of methoxy groups -OCH3 is 2. The van der Waals surface area contributed by atoms with Crippen LogP contribution in [0.5, 0.6) is 23.0 Å². The van der Waals surface area contributed by atoms with Gasteiger partial charge in [-0.2, -0.15) is 0 Å². The maximum absolute atomic E-state index is 6.26. The second kappa shape index (κ2) is 10.8. The summed E-state index contributed by atoms with van der Waals surface area (Å²) in [5.41, 5.74) is 7.48. The second-order valence-electron chi connectivity index (χ2n) is 9.93. The van der Waals surface area contributed by atoms with Crippen molar-refractivity contribution in [2.24, 2.45) is 0 Å². The lowest BCUT2D eigenvalue weighted by Crippen LogP contribution is -2.39. The first kappa shape index (κ1) is 24.4. The smallest absolute Gasteiger partial charge is 0.165 e. The second-order valence-corrected chi connectivity index (χ2v) is 9.93. The molecule has 194 valence electrons. The highest BCUT2D eigenvalue weighted by atomic mass is 16.5. The predicted molar refractivity (Wildman–Crippen MR) is 148 cm³/mol. The molecule has 0 saturated carbocycles. The van der Waals surface area contributed by atoms with Gasteiger partial charge in [-0.15, -0.1) is 0 Å². The molecule has 0 saturated heterocycles. The van der Waals surface area contributed by atoms with E-state index in [0.29, 0.717) is 13.2 Å². The van der Waals surface area contributed by atoms with Crippen molar-refractivity contribution >= 4 is 0 Å². The Hall–Kier alpha value is -3.96. The van der Waals surface area contributed by atoms with Crippen LogP contribution in [0.15, 0.2) is 84.9 Å². The van der Waals surface area contributed by atoms with E-state index in [1.54, 1.807) is 14.2 Å². The van der Waals surface area contributed by atoms with Gasteiger partial charge in [0.1, 0.15) is 13.2 Å². The highest BCUT2D eigenvalue weighted by Gasteiger charge is 2.35. The third-order valence-corrected chi connectivity index (χ3v) is 7.67. The number of hydrogen-bond donors (Lipinski definition) is 0. The molecule has 4 aromatic carbocycles. The molecule has 0 N–H and O–H groups in total. The van der Waals surface area contributed by atoms with Gasteiger partial charge < -0.3 is 18.9 Å². The number of benzene rings is 4. The first-order valence-electron chi connectivity index (χ1n) is 13.2. The fourth-order valence-corrected chi connectivity index (χ4v) is 5.69. The van der Waals surface area contributed by atoms with Crippen LogP contribution in [-0.4, -0.2) is 25.7 Å². The third kappa shape index (κ3) is 4.82. The van der Waals surface area contributed by atoms with Crippen molar-refractivity contribution in [3.63, 3.8) is 0 Å². The van der Waals surface area contributed by atoms with E-state index >= 15 is 0 Å². The fraction of sp³-hybridized carbons (Fsp3) is 0.273. The van der Waals surface area contributed by atoms with Gasteiger partial charge in [0.2, 0.25) is 0 Å². The van der Waals surface area contributed by atoms with Crippen molar-refractivity contribution in [3.05, 3.63) is 118 Å². The standard InChI is InChI=1S/C33H33NO4/c1-35-31-18-26-15-16-34-20-28-25(13-14-30(33(28)36-2)37-21-23-9-5-3-6-10-23)17-29(34)27(26)19-32(31)38-22-24-11-7-4-8-12-24/h3-14,18-19,29H,15-17,20-22H2,1-2H3. The van der Waals surface area contributed by atoms with E-state index in [1.807, 2.05) is 36.4 Å². The summed E-state index contributed by atoms with van der Waals surface area (Å²) in [7, 11) is 3.46. The van der Waals surface area contributed by atoms with Crippen LogP contribution in [0.2, 0.25) is 0 Å². The summed E-state index contributed by atoms with van der Waals surface area (Å²) in [6, 6.07) is 29.4. The van der Waals surface area contributed by atoms with E-state index < -0.39 is 0 Å². The maximum atomic E-state index is 6.26. The summed E-state index contributed by atoms with van der Waals surface area (Å²) in [5.74, 6) is 3.24. The zero-order valence-electron chi connectivity index (χ0n) is 22.0. The van der Waals surface area contributed by atoms with E-state index in [0.717, 1.165) is 60.1 Å². The Labute approximate surface area is 224 Å². The van der Waals surface area contributed by atoms with Gasteiger partial charge in [0.05, 0.1) is 14.2 Å². The van der Waals surface area contributed by atoms with Crippen LogP contribution in [0.4, 0.5) is 0 Å². The number of nitrogens with zero attached hydrogens (tertiary/aromatic N) is 1. The molecule has 2 aliphatic rings. The Balaban J connectivity index is 1.26. The van der Waals surface area contributed by atoms with Gasteiger partial charge in [-0.1, -0.05) is 66.7 Å². The molecule has 0 amide bonds. The average Bonchev–Trinajstić information content (AvgIpc) is 2.98. The summed E-state index contributed by atoms with van der Waals surface area (Å²) < 4.78 is 24.1. The molecule has 5 nitrogen and oxygen atoms in total. The minimum absolute atomic E-state index is 0.289. The van der Waals surface area contributed by atoms with Crippen LogP contribution in [0.3, 0.4) is 0 Å². The highest BCUT2D eigenvalue weighted by Crippen LogP contribution is 2.46. The highest BCUT2D eigenvalue weighted by molar-refractivity contribution is 5.55. The van der Waals surface area contributed by atoms with Crippen molar-refractivity contribution < 1.29 is 18.9 Å². The SMILES string of the molecule is COc1cc2c(cc1OCc1ccccc1)C1Cc3ccc(OCc4ccccc4)c(OC)c3CN1CC2. The first-order valence-corrected chi connectivity index (χ1v) is 13.2. The Bertz CT molecular complexity index is 1400. The van der Waals surface area contributed by atoms with Crippen molar-refractivity contribution in [1.29, 1.82) is 0 Å². The Morgan fingerprint density at radius 1 is 0.711 bits per heavy atom. The molecule has 38 heavy (non-hydrogen) atoms. The summed E-state index contributed by atoms with van der Waals surface area (Å²) >= 11 is 0. The van der Waals surface area contributed by atoms with E-state index in [2.05, 4.69) is 53.4 Å². The van der Waals surface area contributed by atoms with Crippen LogP contribution in [-0.2, 0) is 32.6 Å².